The van der Waals surface area contributed by atoms with Crippen molar-refractivity contribution in [3.05, 3.63) is 0 Å². The molecular formula is C9H14N2O2. The Morgan fingerprint density at radius 2 is 2.23 bits per heavy atom. The van der Waals surface area contributed by atoms with E-state index in [0.29, 0.717) is 6.42 Å². The fourth-order valence-electron chi connectivity index (χ4n) is 1.91. The van der Waals surface area contributed by atoms with E-state index in [9.17, 15) is 9.59 Å². The molecule has 0 spiro atoms. The van der Waals surface area contributed by atoms with Gasteiger partial charge in [-0.2, -0.15) is 0 Å². The fraction of sp³-hybridized carbons (Fsp3) is 0.778. The highest BCUT2D eigenvalue weighted by atomic mass is 16.2. The van der Waals surface area contributed by atoms with Crippen LogP contribution in [0.2, 0.25) is 0 Å². The molecule has 1 aliphatic carbocycles. The minimum atomic E-state index is -0.580. The smallest absolute Gasteiger partial charge is 0.232 e. The SMILES string of the molecule is NC(=O)C1CC(CC2CC2)NC1=O. The van der Waals surface area contributed by atoms with Crippen molar-refractivity contribution in [3.8, 4) is 0 Å². The van der Waals surface area contributed by atoms with E-state index in [1.165, 1.54) is 12.8 Å². The van der Waals surface area contributed by atoms with Gasteiger partial charge in [0.2, 0.25) is 11.8 Å². The van der Waals surface area contributed by atoms with Gasteiger partial charge < -0.3 is 11.1 Å². The van der Waals surface area contributed by atoms with Crippen molar-refractivity contribution in [1.29, 1.82) is 0 Å². The largest absolute Gasteiger partial charge is 0.369 e. The van der Waals surface area contributed by atoms with E-state index in [-0.39, 0.29) is 11.9 Å². The molecule has 4 nitrogen and oxygen atoms in total. The van der Waals surface area contributed by atoms with Crippen LogP contribution >= 0.6 is 0 Å². The molecule has 2 aliphatic rings. The molecule has 2 rings (SSSR count). The molecule has 1 heterocycles. The summed E-state index contributed by atoms with van der Waals surface area (Å²) in [6.45, 7) is 0. The van der Waals surface area contributed by atoms with E-state index < -0.39 is 11.8 Å². The zero-order chi connectivity index (χ0) is 9.42. The van der Waals surface area contributed by atoms with Gasteiger partial charge in [-0.3, -0.25) is 9.59 Å². The second-order valence-corrected chi connectivity index (χ2v) is 4.08. The summed E-state index contributed by atoms with van der Waals surface area (Å²) in [5.74, 6) is -0.477. The Bertz CT molecular complexity index is 248. The van der Waals surface area contributed by atoms with Crippen molar-refractivity contribution in [1.82, 2.24) is 5.32 Å². The van der Waals surface area contributed by atoms with E-state index in [4.69, 9.17) is 5.73 Å². The lowest BCUT2D eigenvalue weighted by molar-refractivity contribution is -0.131. The number of amides is 2. The molecule has 1 saturated carbocycles. The van der Waals surface area contributed by atoms with Crippen molar-refractivity contribution in [2.45, 2.75) is 31.7 Å². The Hall–Kier alpha value is -1.06. The third-order valence-corrected chi connectivity index (χ3v) is 2.84. The van der Waals surface area contributed by atoms with E-state index >= 15 is 0 Å². The van der Waals surface area contributed by atoms with Gasteiger partial charge in [0.05, 0.1) is 0 Å². The second kappa shape index (κ2) is 3.01. The molecule has 2 fully saturated rings. The Morgan fingerprint density at radius 3 is 2.69 bits per heavy atom. The Labute approximate surface area is 76.9 Å². The maximum absolute atomic E-state index is 11.2. The predicted molar refractivity (Wildman–Crippen MR) is 46.6 cm³/mol. The summed E-state index contributed by atoms with van der Waals surface area (Å²) in [4.78, 5) is 22.0. The molecule has 4 heteroatoms. The highest BCUT2D eigenvalue weighted by molar-refractivity contribution is 6.01. The number of hydrogen-bond acceptors (Lipinski definition) is 2. The van der Waals surface area contributed by atoms with Crippen LogP contribution in [0.15, 0.2) is 0 Å². The Morgan fingerprint density at radius 1 is 1.54 bits per heavy atom. The number of carbonyl (C=O) groups excluding carboxylic acids is 2. The fourth-order valence-corrected chi connectivity index (χ4v) is 1.91. The van der Waals surface area contributed by atoms with Gasteiger partial charge in [-0.05, 0) is 18.8 Å². The number of carbonyl (C=O) groups is 2. The molecular weight excluding hydrogens is 168 g/mol. The van der Waals surface area contributed by atoms with Crippen LogP contribution in [-0.4, -0.2) is 17.9 Å². The molecule has 1 aliphatic heterocycles. The quantitative estimate of drug-likeness (QED) is 0.592. The minimum absolute atomic E-state index is 0.182. The summed E-state index contributed by atoms with van der Waals surface area (Å²) in [6.07, 6.45) is 4.17. The molecule has 0 radical (unpaired) electrons. The van der Waals surface area contributed by atoms with Crippen LogP contribution in [0.3, 0.4) is 0 Å². The van der Waals surface area contributed by atoms with Gasteiger partial charge in [0.1, 0.15) is 5.92 Å². The molecule has 0 aromatic heterocycles. The maximum Gasteiger partial charge on any atom is 0.232 e. The predicted octanol–water partition coefficient (Wildman–Crippen LogP) is -0.224. The lowest BCUT2D eigenvalue weighted by Gasteiger charge is -2.07. The number of rotatable bonds is 3. The maximum atomic E-state index is 11.2. The average molecular weight is 182 g/mol. The van der Waals surface area contributed by atoms with Gasteiger partial charge in [0.15, 0.2) is 0 Å². The summed E-state index contributed by atoms with van der Waals surface area (Å²) in [6, 6.07) is 0.192. The number of nitrogens with two attached hydrogens (primary N) is 1. The van der Waals surface area contributed by atoms with Crippen LogP contribution in [-0.2, 0) is 9.59 Å². The molecule has 0 aromatic rings. The molecule has 0 aromatic carbocycles. The third-order valence-electron chi connectivity index (χ3n) is 2.84. The van der Waals surface area contributed by atoms with Crippen LogP contribution in [0.4, 0.5) is 0 Å². The summed E-state index contributed by atoms with van der Waals surface area (Å²) >= 11 is 0. The van der Waals surface area contributed by atoms with Gasteiger partial charge in [-0.1, -0.05) is 12.8 Å². The number of primary amides is 1. The standard InChI is InChI=1S/C9H14N2O2/c10-8(12)7-4-6(11-9(7)13)3-5-1-2-5/h5-7H,1-4H2,(H2,10,12)(H,11,13). The number of nitrogens with one attached hydrogen (secondary N) is 1. The molecule has 3 N–H and O–H groups in total. The van der Waals surface area contributed by atoms with Crippen LogP contribution in [0.1, 0.15) is 25.7 Å². The van der Waals surface area contributed by atoms with Crippen LogP contribution in [0, 0.1) is 11.8 Å². The Balaban J connectivity index is 1.89. The molecule has 72 valence electrons. The molecule has 2 unspecified atom stereocenters. The van der Waals surface area contributed by atoms with Gasteiger partial charge in [-0.15, -0.1) is 0 Å². The number of hydrogen-bond donors (Lipinski definition) is 2. The second-order valence-electron chi connectivity index (χ2n) is 4.08. The van der Waals surface area contributed by atoms with Gasteiger partial charge in [0, 0.05) is 6.04 Å². The summed E-state index contributed by atoms with van der Waals surface area (Å²) in [7, 11) is 0. The van der Waals surface area contributed by atoms with Crippen LogP contribution < -0.4 is 11.1 Å². The van der Waals surface area contributed by atoms with Crippen molar-refractivity contribution in [2.75, 3.05) is 0 Å². The zero-order valence-corrected chi connectivity index (χ0v) is 7.45. The zero-order valence-electron chi connectivity index (χ0n) is 7.45. The van der Waals surface area contributed by atoms with Crippen molar-refractivity contribution >= 4 is 11.8 Å². The van der Waals surface area contributed by atoms with Crippen LogP contribution in [0.5, 0.6) is 0 Å². The first-order valence-corrected chi connectivity index (χ1v) is 4.76. The first-order valence-electron chi connectivity index (χ1n) is 4.76. The molecule has 0 bridgehead atoms. The monoisotopic (exact) mass is 182 g/mol. The average Bonchev–Trinajstić information content (AvgIpc) is 2.75. The van der Waals surface area contributed by atoms with E-state index in [1.807, 2.05) is 0 Å². The topological polar surface area (TPSA) is 72.2 Å². The van der Waals surface area contributed by atoms with Gasteiger partial charge >= 0.3 is 0 Å². The summed E-state index contributed by atoms with van der Waals surface area (Å²) in [5, 5.41) is 2.82. The van der Waals surface area contributed by atoms with Gasteiger partial charge in [-0.25, -0.2) is 0 Å². The summed E-state index contributed by atoms with van der Waals surface area (Å²) < 4.78 is 0. The van der Waals surface area contributed by atoms with Crippen molar-refractivity contribution in [2.24, 2.45) is 17.6 Å². The van der Waals surface area contributed by atoms with E-state index in [2.05, 4.69) is 5.32 Å². The molecule has 2 atom stereocenters. The lowest BCUT2D eigenvalue weighted by atomic mass is 10.0. The molecule has 1 saturated heterocycles. The normalized spacial score (nSPS) is 33.1. The first-order chi connectivity index (χ1) is 6.16. The van der Waals surface area contributed by atoms with E-state index in [0.717, 1.165) is 12.3 Å². The third kappa shape index (κ3) is 1.82. The highest BCUT2D eigenvalue weighted by Gasteiger charge is 2.38. The first kappa shape index (κ1) is 8.53. The minimum Gasteiger partial charge on any atom is -0.369 e. The molecule has 2 amide bonds. The van der Waals surface area contributed by atoms with Gasteiger partial charge in [0.25, 0.3) is 0 Å². The highest BCUT2D eigenvalue weighted by Crippen LogP contribution is 2.35. The van der Waals surface area contributed by atoms with E-state index in [1.54, 1.807) is 0 Å². The molecule has 13 heavy (non-hydrogen) atoms. The lowest BCUT2D eigenvalue weighted by Crippen LogP contribution is -2.31. The van der Waals surface area contributed by atoms with Crippen LogP contribution in [0.25, 0.3) is 0 Å². The van der Waals surface area contributed by atoms with Crippen molar-refractivity contribution in [3.63, 3.8) is 0 Å². The Kier molecular flexibility index (Phi) is 1.98. The summed E-state index contributed by atoms with van der Waals surface area (Å²) in [5.41, 5.74) is 5.10. The van der Waals surface area contributed by atoms with Crippen molar-refractivity contribution < 1.29 is 9.59 Å².